The zero-order valence-corrected chi connectivity index (χ0v) is 14.8. The van der Waals surface area contributed by atoms with E-state index in [-0.39, 0.29) is 18.2 Å². The quantitative estimate of drug-likeness (QED) is 0.673. The van der Waals surface area contributed by atoms with Gasteiger partial charge in [-0.25, -0.2) is 4.98 Å². The molecule has 3 aromatic rings. The fourth-order valence-electron chi connectivity index (χ4n) is 2.31. The highest BCUT2D eigenvalue weighted by Gasteiger charge is 2.10. The molecule has 1 aromatic carbocycles. The highest BCUT2D eigenvalue weighted by molar-refractivity contribution is 7.13. The van der Waals surface area contributed by atoms with Crippen LogP contribution in [-0.4, -0.2) is 21.8 Å². The zero-order chi connectivity index (χ0) is 18.2. The van der Waals surface area contributed by atoms with Gasteiger partial charge in [-0.15, -0.1) is 11.3 Å². The number of hydrogen-bond donors (Lipinski definition) is 2. The van der Waals surface area contributed by atoms with Crippen LogP contribution in [0.15, 0.2) is 60.1 Å². The summed E-state index contributed by atoms with van der Waals surface area (Å²) in [6.07, 6.45) is 2.14. The van der Waals surface area contributed by atoms with Crippen LogP contribution in [0.2, 0.25) is 0 Å². The number of amides is 2. The monoisotopic (exact) mass is 366 g/mol. The molecule has 0 bridgehead atoms. The van der Waals surface area contributed by atoms with Crippen molar-refractivity contribution in [2.75, 3.05) is 5.32 Å². The molecule has 2 aromatic heterocycles. The van der Waals surface area contributed by atoms with Crippen LogP contribution < -0.4 is 10.6 Å². The van der Waals surface area contributed by atoms with E-state index < -0.39 is 0 Å². The van der Waals surface area contributed by atoms with Crippen LogP contribution in [0.5, 0.6) is 0 Å². The van der Waals surface area contributed by atoms with Crippen LogP contribution >= 0.6 is 11.3 Å². The van der Waals surface area contributed by atoms with E-state index in [0.717, 1.165) is 11.3 Å². The molecule has 0 aliphatic rings. The molecule has 7 heteroatoms. The van der Waals surface area contributed by atoms with Gasteiger partial charge in [0.05, 0.1) is 30.8 Å². The number of rotatable bonds is 7. The molecule has 2 amide bonds. The van der Waals surface area contributed by atoms with Gasteiger partial charge in [0.15, 0.2) is 5.13 Å². The lowest BCUT2D eigenvalue weighted by molar-refractivity contribution is -0.120. The highest BCUT2D eigenvalue weighted by atomic mass is 32.1. The minimum absolute atomic E-state index is 0.128. The summed E-state index contributed by atoms with van der Waals surface area (Å²) in [7, 11) is 0. The number of hydrogen-bond acceptors (Lipinski definition) is 5. The third kappa shape index (κ3) is 5.49. The molecule has 0 atom stereocenters. The maximum atomic E-state index is 12.0. The first-order valence-electron chi connectivity index (χ1n) is 8.14. The molecule has 0 saturated heterocycles. The van der Waals surface area contributed by atoms with Crippen molar-refractivity contribution in [2.45, 2.75) is 19.4 Å². The van der Waals surface area contributed by atoms with Crippen molar-refractivity contribution in [3.8, 4) is 0 Å². The highest BCUT2D eigenvalue weighted by Crippen LogP contribution is 2.16. The average molecular weight is 366 g/mol. The molecule has 26 heavy (non-hydrogen) atoms. The lowest BCUT2D eigenvalue weighted by atomic mass is 10.1. The number of benzene rings is 1. The van der Waals surface area contributed by atoms with Crippen LogP contribution in [0.25, 0.3) is 0 Å². The Morgan fingerprint density at radius 2 is 1.73 bits per heavy atom. The molecule has 0 spiro atoms. The average Bonchev–Trinajstić information content (AvgIpc) is 3.08. The molecule has 2 N–H and O–H groups in total. The smallest absolute Gasteiger partial charge is 0.230 e. The van der Waals surface area contributed by atoms with Crippen molar-refractivity contribution in [1.82, 2.24) is 15.3 Å². The number of nitrogens with zero attached hydrogens (tertiary/aromatic N) is 2. The Morgan fingerprint density at radius 1 is 0.923 bits per heavy atom. The van der Waals surface area contributed by atoms with Crippen molar-refractivity contribution >= 4 is 28.3 Å². The van der Waals surface area contributed by atoms with Crippen molar-refractivity contribution < 1.29 is 9.59 Å². The number of nitrogens with one attached hydrogen (secondary N) is 2. The van der Waals surface area contributed by atoms with Gasteiger partial charge in [0.1, 0.15) is 0 Å². The lowest BCUT2D eigenvalue weighted by Gasteiger charge is -2.03. The maximum absolute atomic E-state index is 12.0. The second-order valence-corrected chi connectivity index (χ2v) is 6.49. The Bertz CT molecular complexity index is 866. The van der Waals surface area contributed by atoms with E-state index in [2.05, 4.69) is 20.6 Å². The molecular formula is C19H18N4O2S. The first-order valence-corrected chi connectivity index (χ1v) is 9.02. The van der Waals surface area contributed by atoms with Gasteiger partial charge in [-0.05, 0) is 17.7 Å². The van der Waals surface area contributed by atoms with E-state index in [1.807, 2.05) is 48.5 Å². The van der Waals surface area contributed by atoms with Gasteiger partial charge in [-0.3, -0.25) is 14.6 Å². The second-order valence-electron chi connectivity index (χ2n) is 5.63. The Balaban J connectivity index is 1.46. The Hall–Kier alpha value is -3.06. The predicted molar refractivity (Wildman–Crippen MR) is 101 cm³/mol. The number of carbonyl (C=O) groups is 2. The topological polar surface area (TPSA) is 84.0 Å². The first-order chi connectivity index (χ1) is 12.7. The van der Waals surface area contributed by atoms with Crippen LogP contribution in [0.4, 0.5) is 5.13 Å². The molecule has 0 radical (unpaired) electrons. The molecular weight excluding hydrogens is 348 g/mol. The number of pyridine rings is 1. The van der Waals surface area contributed by atoms with E-state index in [4.69, 9.17) is 0 Å². The minimum Gasteiger partial charge on any atom is -0.350 e. The number of aromatic nitrogens is 2. The van der Waals surface area contributed by atoms with E-state index in [1.165, 1.54) is 11.3 Å². The fourth-order valence-corrected chi connectivity index (χ4v) is 3.04. The minimum atomic E-state index is -0.136. The van der Waals surface area contributed by atoms with Crippen molar-refractivity contribution in [1.29, 1.82) is 0 Å². The van der Waals surface area contributed by atoms with Crippen LogP contribution in [0.1, 0.15) is 17.0 Å². The largest absolute Gasteiger partial charge is 0.350 e. The summed E-state index contributed by atoms with van der Waals surface area (Å²) < 4.78 is 0. The first kappa shape index (κ1) is 17.8. The maximum Gasteiger partial charge on any atom is 0.230 e. The summed E-state index contributed by atoms with van der Waals surface area (Å²) in [5.74, 6) is -0.264. The van der Waals surface area contributed by atoms with Gasteiger partial charge in [0, 0.05) is 11.6 Å². The molecule has 0 saturated carbocycles. The third-order valence-electron chi connectivity index (χ3n) is 3.54. The second kappa shape index (κ2) is 8.87. The molecule has 0 unspecified atom stereocenters. The summed E-state index contributed by atoms with van der Waals surface area (Å²) in [6, 6.07) is 15.1. The molecule has 0 aliphatic carbocycles. The predicted octanol–water partition coefficient (Wildman–Crippen LogP) is 2.58. The van der Waals surface area contributed by atoms with Crippen LogP contribution in [0, 0.1) is 0 Å². The molecule has 3 rings (SSSR count). The summed E-state index contributed by atoms with van der Waals surface area (Å²) in [5, 5.41) is 7.85. The van der Waals surface area contributed by atoms with Gasteiger partial charge >= 0.3 is 0 Å². The van der Waals surface area contributed by atoms with Crippen molar-refractivity contribution in [2.24, 2.45) is 0 Å². The molecule has 6 nitrogen and oxygen atoms in total. The lowest BCUT2D eigenvalue weighted by Crippen LogP contribution is -2.25. The number of anilines is 1. The fraction of sp³-hybridized carbons (Fsp3) is 0.158. The van der Waals surface area contributed by atoms with Crippen molar-refractivity contribution in [3.05, 3.63) is 77.1 Å². The Labute approximate surface area is 155 Å². The van der Waals surface area contributed by atoms with Crippen LogP contribution in [0.3, 0.4) is 0 Å². The third-order valence-corrected chi connectivity index (χ3v) is 4.35. The Morgan fingerprint density at radius 3 is 2.50 bits per heavy atom. The molecule has 2 heterocycles. The normalized spacial score (nSPS) is 10.3. The zero-order valence-electron chi connectivity index (χ0n) is 14.0. The standard InChI is InChI=1S/C19H18N4O2S/c24-17(21-12-15-8-4-5-9-20-15)11-16-13-26-19(22-16)23-18(25)10-14-6-2-1-3-7-14/h1-9,13H,10-12H2,(H,21,24)(H,22,23,25). The van der Waals surface area contributed by atoms with E-state index in [1.54, 1.807) is 11.6 Å². The SMILES string of the molecule is O=C(Cc1csc(NC(=O)Cc2ccccc2)n1)NCc1ccccn1. The number of thiazole rings is 1. The van der Waals surface area contributed by atoms with Gasteiger partial charge < -0.3 is 10.6 Å². The van der Waals surface area contributed by atoms with Gasteiger partial charge in [-0.2, -0.15) is 0 Å². The number of carbonyl (C=O) groups excluding carboxylic acids is 2. The molecule has 132 valence electrons. The molecule has 0 aliphatic heterocycles. The summed E-state index contributed by atoms with van der Waals surface area (Å²) in [5.41, 5.74) is 2.37. The van der Waals surface area contributed by atoms with E-state index in [0.29, 0.717) is 23.8 Å². The van der Waals surface area contributed by atoms with Gasteiger partial charge in [0.25, 0.3) is 0 Å². The van der Waals surface area contributed by atoms with Crippen molar-refractivity contribution in [3.63, 3.8) is 0 Å². The van der Waals surface area contributed by atoms with Gasteiger partial charge in [0.2, 0.25) is 11.8 Å². The summed E-state index contributed by atoms with van der Waals surface area (Å²) >= 11 is 1.31. The van der Waals surface area contributed by atoms with E-state index >= 15 is 0 Å². The molecule has 0 fully saturated rings. The Kier molecular flexibility index (Phi) is 6.05. The van der Waals surface area contributed by atoms with Gasteiger partial charge in [-0.1, -0.05) is 36.4 Å². The summed E-state index contributed by atoms with van der Waals surface area (Å²) in [4.78, 5) is 32.5. The van der Waals surface area contributed by atoms with Crippen LogP contribution in [-0.2, 0) is 29.0 Å². The summed E-state index contributed by atoms with van der Waals surface area (Å²) in [6.45, 7) is 0.379. The van der Waals surface area contributed by atoms with E-state index in [9.17, 15) is 9.59 Å².